The molecule has 0 amide bonds. The standard InChI is InChI=1S/C15H25FN4S.HI/c1-17-15(18-9-10-21-4)19-11-14(20(2)3)12-5-7-13(16)8-6-12;/h5-8,14H,9-11H2,1-4H3,(H2,17,18,19);1H. The van der Waals surface area contributed by atoms with Crippen LogP contribution in [0, 0.1) is 5.82 Å². The summed E-state index contributed by atoms with van der Waals surface area (Å²) in [6.07, 6.45) is 2.08. The number of aliphatic imine (C=N–C) groups is 1. The Labute approximate surface area is 154 Å². The molecule has 0 aliphatic heterocycles. The van der Waals surface area contributed by atoms with Gasteiger partial charge in [-0.2, -0.15) is 11.8 Å². The maximum atomic E-state index is 13.0. The summed E-state index contributed by atoms with van der Waals surface area (Å²) in [4.78, 5) is 6.31. The van der Waals surface area contributed by atoms with Gasteiger partial charge in [-0.25, -0.2) is 4.39 Å². The van der Waals surface area contributed by atoms with Gasteiger partial charge in [0.15, 0.2) is 5.96 Å². The molecule has 0 aliphatic carbocycles. The number of nitrogens with one attached hydrogen (secondary N) is 2. The quantitative estimate of drug-likeness (QED) is 0.296. The molecule has 1 atom stereocenters. The Kier molecular flexibility index (Phi) is 11.7. The molecule has 1 aromatic rings. The van der Waals surface area contributed by atoms with E-state index in [1.165, 1.54) is 12.1 Å². The molecule has 126 valence electrons. The second kappa shape index (κ2) is 12.0. The van der Waals surface area contributed by atoms with Crippen LogP contribution in [0.1, 0.15) is 11.6 Å². The number of guanidine groups is 1. The average Bonchev–Trinajstić information content (AvgIpc) is 2.47. The second-order valence-corrected chi connectivity index (χ2v) is 5.89. The summed E-state index contributed by atoms with van der Waals surface area (Å²) >= 11 is 1.79. The lowest BCUT2D eigenvalue weighted by molar-refractivity contribution is 0.298. The zero-order chi connectivity index (χ0) is 15.7. The van der Waals surface area contributed by atoms with Gasteiger partial charge in [0, 0.05) is 25.9 Å². The molecule has 0 radical (unpaired) electrons. The predicted molar refractivity (Wildman–Crippen MR) is 106 cm³/mol. The third-order valence-electron chi connectivity index (χ3n) is 3.16. The fourth-order valence-electron chi connectivity index (χ4n) is 1.97. The van der Waals surface area contributed by atoms with Crippen LogP contribution in [0.3, 0.4) is 0 Å². The highest BCUT2D eigenvalue weighted by Gasteiger charge is 2.14. The maximum Gasteiger partial charge on any atom is 0.191 e. The molecule has 0 fully saturated rings. The lowest BCUT2D eigenvalue weighted by Crippen LogP contribution is -2.42. The Bertz CT molecular complexity index is 440. The van der Waals surface area contributed by atoms with Gasteiger partial charge in [0.25, 0.3) is 0 Å². The van der Waals surface area contributed by atoms with Crippen LogP contribution in [0.5, 0.6) is 0 Å². The number of likely N-dealkylation sites (N-methyl/N-ethyl adjacent to an activating group) is 1. The van der Waals surface area contributed by atoms with Gasteiger partial charge in [-0.15, -0.1) is 24.0 Å². The first kappa shape index (κ1) is 21.5. The monoisotopic (exact) mass is 440 g/mol. The van der Waals surface area contributed by atoms with Crippen molar-refractivity contribution in [1.29, 1.82) is 0 Å². The van der Waals surface area contributed by atoms with Crippen molar-refractivity contribution in [2.75, 3.05) is 46.2 Å². The Morgan fingerprint density at radius 3 is 2.41 bits per heavy atom. The molecule has 7 heteroatoms. The van der Waals surface area contributed by atoms with Gasteiger partial charge in [0.2, 0.25) is 0 Å². The van der Waals surface area contributed by atoms with Crippen LogP contribution in [-0.2, 0) is 0 Å². The number of benzene rings is 1. The zero-order valence-electron chi connectivity index (χ0n) is 13.6. The topological polar surface area (TPSA) is 39.7 Å². The van der Waals surface area contributed by atoms with Crippen molar-refractivity contribution in [3.8, 4) is 0 Å². The van der Waals surface area contributed by atoms with E-state index in [1.807, 2.05) is 26.2 Å². The molecule has 0 saturated carbocycles. The highest BCUT2D eigenvalue weighted by molar-refractivity contribution is 14.0. The predicted octanol–water partition coefficient (Wildman–Crippen LogP) is 2.57. The van der Waals surface area contributed by atoms with E-state index in [2.05, 4.69) is 26.8 Å². The summed E-state index contributed by atoms with van der Waals surface area (Å²) in [5.74, 6) is 1.62. The SMILES string of the molecule is CN=C(NCCSC)NCC(c1ccc(F)cc1)N(C)C.I. The molecule has 22 heavy (non-hydrogen) atoms. The summed E-state index contributed by atoms with van der Waals surface area (Å²) in [7, 11) is 5.79. The first-order chi connectivity index (χ1) is 10.1. The van der Waals surface area contributed by atoms with Gasteiger partial charge in [-0.1, -0.05) is 12.1 Å². The first-order valence-corrected chi connectivity index (χ1v) is 8.33. The van der Waals surface area contributed by atoms with E-state index in [4.69, 9.17) is 0 Å². The summed E-state index contributed by atoms with van der Waals surface area (Å²) in [6.45, 7) is 1.58. The Morgan fingerprint density at radius 1 is 1.27 bits per heavy atom. The molecular formula is C15H26FIN4S. The van der Waals surface area contributed by atoms with Crippen molar-refractivity contribution < 1.29 is 4.39 Å². The molecule has 4 nitrogen and oxygen atoms in total. The molecule has 0 bridgehead atoms. The normalized spacial score (nSPS) is 12.7. The molecule has 0 saturated heterocycles. The minimum Gasteiger partial charge on any atom is -0.356 e. The summed E-state index contributed by atoms with van der Waals surface area (Å²) in [5, 5.41) is 6.58. The molecule has 0 heterocycles. The number of thioether (sulfide) groups is 1. The van der Waals surface area contributed by atoms with Crippen molar-refractivity contribution in [3.63, 3.8) is 0 Å². The largest absolute Gasteiger partial charge is 0.356 e. The first-order valence-electron chi connectivity index (χ1n) is 6.93. The molecule has 2 N–H and O–H groups in total. The highest BCUT2D eigenvalue weighted by Crippen LogP contribution is 2.17. The Morgan fingerprint density at radius 2 is 1.91 bits per heavy atom. The van der Waals surface area contributed by atoms with Crippen LogP contribution in [-0.4, -0.2) is 57.1 Å². The van der Waals surface area contributed by atoms with Gasteiger partial charge in [0.1, 0.15) is 5.82 Å². The van der Waals surface area contributed by atoms with Crippen LogP contribution in [0.15, 0.2) is 29.3 Å². The minimum absolute atomic E-state index is 0. The maximum absolute atomic E-state index is 13.0. The van der Waals surface area contributed by atoms with E-state index < -0.39 is 0 Å². The van der Waals surface area contributed by atoms with Crippen LogP contribution >= 0.6 is 35.7 Å². The van der Waals surface area contributed by atoms with Crippen LogP contribution in [0.4, 0.5) is 4.39 Å². The van der Waals surface area contributed by atoms with E-state index in [0.29, 0.717) is 6.54 Å². The fourth-order valence-corrected chi connectivity index (χ4v) is 2.28. The van der Waals surface area contributed by atoms with Gasteiger partial charge >= 0.3 is 0 Å². The summed E-state index contributed by atoms with van der Waals surface area (Å²) < 4.78 is 13.0. The fraction of sp³-hybridized carbons (Fsp3) is 0.533. The molecule has 1 rings (SSSR count). The number of rotatable bonds is 7. The van der Waals surface area contributed by atoms with E-state index in [1.54, 1.807) is 18.8 Å². The highest BCUT2D eigenvalue weighted by atomic mass is 127. The number of nitrogens with zero attached hydrogens (tertiary/aromatic N) is 2. The minimum atomic E-state index is -0.209. The summed E-state index contributed by atoms with van der Waals surface area (Å²) in [5.41, 5.74) is 1.08. The molecule has 0 aromatic heterocycles. The summed E-state index contributed by atoms with van der Waals surface area (Å²) in [6, 6.07) is 6.80. The van der Waals surface area contributed by atoms with Gasteiger partial charge in [-0.05, 0) is 38.0 Å². The van der Waals surface area contributed by atoms with Crippen molar-refractivity contribution in [2.24, 2.45) is 4.99 Å². The number of hydrogen-bond acceptors (Lipinski definition) is 3. The molecule has 1 aromatic carbocycles. The van der Waals surface area contributed by atoms with Gasteiger partial charge in [0.05, 0.1) is 6.04 Å². The van der Waals surface area contributed by atoms with E-state index in [-0.39, 0.29) is 35.8 Å². The van der Waals surface area contributed by atoms with Crippen molar-refractivity contribution in [3.05, 3.63) is 35.6 Å². The van der Waals surface area contributed by atoms with Crippen LogP contribution in [0.2, 0.25) is 0 Å². The smallest absolute Gasteiger partial charge is 0.191 e. The van der Waals surface area contributed by atoms with Crippen molar-refractivity contribution >= 4 is 41.7 Å². The van der Waals surface area contributed by atoms with E-state index >= 15 is 0 Å². The van der Waals surface area contributed by atoms with Crippen molar-refractivity contribution in [2.45, 2.75) is 6.04 Å². The third kappa shape index (κ3) is 7.64. The Hall–Kier alpha value is -0.540. The number of hydrogen-bond donors (Lipinski definition) is 2. The van der Waals surface area contributed by atoms with E-state index in [0.717, 1.165) is 23.8 Å². The van der Waals surface area contributed by atoms with Crippen LogP contribution < -0.4 is 10.6 Å². The molecule has 0 spiro atoms. The third-order valence-corrected chi connectivity index (χ3v) is 3.78. The molecule has 0 aliphatic rings. The number of halogens is 2. The van der Waals surface area contributed by atoms with Crippen LogP contribution in [0.25, 0.3) is 0 Å². The molecular weight excluding hydrogens is 414 g/mol. The lowest BCUT2D eigenvalue weighted by atomic mass is 10.1. The zero-order valence-corrected chi connectivity index (χ0v) is 16.7. The average molecular weight is 440 g/mol. The van der Waals surface area contributed by atoms with Gasteiger partial charge < -0.3 is 15.5 Å². The second-order valence-electron chi connectivity index (χ2n) is 4.90. The molecule has 1 unspecified atom stereocenters. The van der Waals surface area contributed by atoms with E-state index in [9.17, 15) is 4.39 Å². The van der Waals surface area contributed by atoms with Gasteiger partial charge in [-0.3, -0.25) is 4.99 Å². The lowest BCUT2D eigenvalue weighted by Gasteiger charge is -2.26. The van der Waals surface area contributed by atoms with Crippen molar-refractivity contribution in [1.82, 2.24) is 15.5 Å². The Balaban J connectivity index is 0.00000441.